The molecule has 0 radical (unpaired) electrons. The Labute approximate surface area is 295 Å². The van der Waals surface area contributed by atoms with Crippen molar-refractivity contribution in [3.8, 4) is 0 Å². The van der Waals surface area contributed by atoms with Gasteiger partial charge in [-0.3, -0.25) is 53.1 Å². The van der Waals surface area contributed by atoms with Gasteiger partial charge >= 0.3 is 11.9 Å². The number of hydrogen-bond donors (Lipinski definition) is 1. The Hall–Kier alpha value is -5.02. The third-order valence-corrected chi connectivity index (χ3v) is 7.36. The van der Waals surface area contributed by atoms with E-state index in [-0.39, 0.29) is 48.9 Å². The van der Waals surface area contributed by atoms with Crippen LogP contribution in [0, 0.1) is 5.92 Å². The number of nitrogens with zero attached hydrogens (tertiary/aromatic N) is 3. The standard InChI is InChI=1S/C13H17NO4.C8H9NO4.C5H7NO3.C5H8.C3H3ClO/c1-8-3-5-9(6-4-8)13(17)18-10-7-11(15)14(2)12(10)16;1-3-7(11)13-5-4-6(10)9(2)8(5)12;1-6-4(8)2-3(7)5(6)9;1-4-5(2)3;1-2-3(4)5/h3,9-10H,4-7H2,1-2H3;3,5H,1,4H2,2H3;3,7H,2H2,1H3;4H,1-2H2,3H3;2H,1H2/t9-,10-;5-;3-;;/m000../s1. The summed E-state index contributed by atoms with van der Waals surface area (Å²) in [6.45, 7) is 17.2. The fourth-order valence-corrected chi connectivity index (χ4v) is 3.97. The van der Waals surface area contributed by atoms with Gasteiger partial charge in [0.15, 0.2) is 12.2 Å². The number of halogens is 1. The minimum atomic E-state index is -1.09. The van der Waals surface area contributed by atoms with Crippen molar-refractivity contribution in [3.63, 3.8) is 0 Å². The van der Waals surface area contributed by atoms with Gasteiger partial charge < -0.3 is 14.6 Å². The van der Waals surface area contributed by atoms with Gasteiger partial charge in [-0.05, 0) is 50.8 Å². The van der Waals surface area contributed by atoms with Gasteiger partial charge in [-0.2, -0.15) is 0 Å². The van der Waals surface area contributed by atoms with Gasteiger partial charge in [-0.1, -0.05) is 49.6 Å². The second kappa shape index (κ2) is 21.8. The third-order valence-electron chi connectivity index (χ3n) is 7.20. The van der Waals surface area contributed by atoms with Crippen LogP contribution in [-0.4, -0.2) is 112 Å². The molecule has 3 aliphatic heterocycles. The van der Waals surface area contributed by atoms with E-state index in [1.807, 2.05) is 19.9 Å². The predicted molar refractivity (Wildman–Crippen MR) is 180 cm³/mol. The number of likely N-dealkylation sites (N-methyl/N-ethyl adjacent to an activating group) is 3. The van der Waals surface area contributed by atoms with Gasteiger partial charge in [0.1, 0.15) is 6.10 Å². The first-order chi connectivity index (χ1) is 23.2. The van der Waals surface area contributed by atoms with Crippen molar-refractivity contribution < 1.29 is 57.7 Å². The van der Waals surface area contributed by atoms with Gasteiger partial charge in [-0.25, -0.2) is 4.79 Å². The summed E-state index contributed by atoms with van der Waals surface area (Å²) in [6.07, 6.45) is 4.92. The summed E-state index contributed by atoms with van der Waals surface area (Å²) < 4.78 is 9.80. The zero-order valence-corrected chi connectivity index (χ0v) is 29.6. The number of aliphatic hydroxyl groups excluding tert-OH is 1. The minimum Gasteiger partial charge on any atom is -0.451 e. The molecule has 15 nitrogen and oxygen atoms in total. The third kappa shape index (κ3) is 15.0. The van der Waals surface area contributed by atoms with E-state index in [0.717, 1.165) is 45.3 Å². The van der Waals surface area contributed by atoms with Crippen LogP contribution in [0.1, 0.15) is 52.4 Å². The van der Waals surface area contributed by atoms with Crippen LogP contribution in [-0.2, 0) is 52.6 Å². The number of esters is 2. The topological polar surface area (TPSA) is 202 Å². The molecule has 0 aromatic rings. The number of carbonyl (C=O) groups excluding carboxylic acids is 9. The van der Waals surface area contributed by atoms with Gasteiger partial charge in [-0.15, -0.1) is 0 Å². The number of allylic oxidation sites excluding steroid dienone is 5. The monoisotopic (exact) mass is 721 g/mol. The van der Waals surface area contributed by atoms with E-state index in [0.29, 0.717) is 6.42 Å². The van der Waals surface area contributed by atoms with Crippen molar-refractivity contribution in [3.05, 3.63) is 61.8 Å². The lowest BCUT2D eigenvalue weighted by Gasteiger charge is -2.20. The molecule has 4 rings (SSSR count). The van der Waals surface area contributed by atoms with E-state index in [2.05, 4.69) is 31.1 Å². The van der Waals surface area contributed by atoms with E-state index < -0.39 is 47.2 Å². The highest BCUT2D eigenvalue weighted by Gasteiger charge is 2.40. The SMILES string of the molecule is C=CC(=C)C.C=CC(=O)Cl.C=CC(=O)O[C@H]1CC(=O)N(C)C1=O.CC1=CC[C@H](C(=O)O[C@H]2CC(=O)N(C)C2=O)CC1.CN1C(=O)C[C@H](O)C1=O. The number of ether oxygens (including phenoxy) is 2. The molecule has 4 aliphatic rings. The van der Waals surface area contributed by atoms with Gasteiger partial charge in [0.25, 0.3) is 17.7 Å². The average Bonchev–Trinajstić information content (AvgIpc) is 3.56. The first kappa shape index (κ1) is 45.0. The maximum Gasteiger partial charge on any atom is 0.330 e. The van der Waals surface area contributed by atoms with Crippen molar-refractivity contribution in [1.29, 1.82) is 0 Å². The largest absolute Gasteiger partial charge is 0.451 e. The van der Waals surface area contributed by atoms with Crippen molar-refractivity contribution in [1.82, 2.24) is 14.7 Å². The predicted octanol–water partition coefficient (Wildman–Crippen LogP) is 1.93. The second-order valence-electron chi connectivity index (χ2n) is 11.1. The molecule has 1 aliphatic carbocycles. The Morgan fingerprint density at radius 3 is 1.48 bits per heavy atom. The Bertz CT molecular complexity index is 1420. The van der Waals surface area contributed by atoms with Crippen LogP contribution in [0.4, 0.5) is 0 Å². The summed E-state index contributed by atoms with van der Waals surface area (Å²) >= 11 is 4.71. The molecule has 0 aromatic carbocycles. The summed E-state index contributed by atoms with van der Waals surface area (Å²) in [6, 6.07) is 0. The molecule has 1 N–H and O–H groups in total. The summed E-state index contributed by atoms with van der Waals surface area (Å²) in [7, 11) is 4.12. The molecule has 3 saturated heterocycles. The van der Waals surface area contributed by atoms with Crippen LogP contribution in [0.25, 0.3) is 0 Å². The normalized spacial score (nSPS) is 22.2. The maximum atomic E-state index is 11.9. The van der Waals surface area contributed by atoms with E-state index in [9.17, 15) is 43.2 Å². The fraction of sp³-hybridized carbons (Fsp3) is 0.441. The lowest BCUT2D eigenvalue weighted by Crippen LogP contribution is -2.32. The van der Waals surface area contributed by atoms with Crippen molar-refractivity contribution in [2.75, 3.05) is 21.1 Å². The number of amides is 6. The molecule has 16 heteroatoms. The first-order valence-electron chi connectivity index (χ1n) is 15.1. The Morgan fingerprint density at radius 1 is 0.800 bits per heavy atom. The van der Waals surface area contributed by atoms with E-state index >= 15 is 0 Å². The zero-order valence-electron chi connectivity index (χ0n) is 28.8. The molecule has 0 unspecified atom stereocenters. The molecular weight excluding hydrogens is 678 g/mol. The number of rotatable bonds is 6. The van der Waals surface area contributed by atoms with Gasteiger partial charge in [0.2, 0.25) is 23.0 Å². The second-order valence-corrected chi connectivity index (χ2v) is 11.5. The molecule has 0 spiro atoms. The van der Waals surface area contributed by atoms with Gasteiger partial charge in [0.05, 0.1) is 25.2 Å². The summed E-state index contributed by atoms with van der Waals surface area (Å²) in [5.74, 6) is -3.59. The molecular formula is C34H44ClN3O12. The molecule has 3 heterocycles. The molecule has 274 valence electrons. The molecule has 50 heavy (non-hydrogen) atoms. The quantitative estimate of drug-likeness (QED) is 0.104. The van der Waals surface area contributed by atoms with E-state index in [1.165, 1.54) is 26.7 Å². The van der Waals surface area contributed by atoms with Crippen LogP contribution in [0.2, 0.25) is 0 Å². The fourth-order valence-electron chi connectivity index (χ4n) is 3.97. The van der Waals surface area contributed by atoms with E-state index in [1.54, 1.807) is 6.08 Å². The highest BCUT2D eigenvalue weighted by Crippen LogP contribution is 2.26. The lowest BCUT2D eigenvalue weighted by molar-refractivity contribution is -0.160. The van der Waals surface area contributed by atoms with Crippen molar-refractivity contribution >= 4 is 64.2 Å². The Morgan fingerprint density at radius 2 is 1.22 bits per heavy atom. The number of imide groups is 3. The van der Waals surface area contributed by atoms with Crippen LogP contribution < -0.4 is 0 Å². The molecule has 4 atom stereocenters. The van der Waals surface area contributed by atoms with E-state index in [4.69, 9.17) is 21.4 Å². The highest BCUT2D eigenvalue weighted by molar-refractivity contribution is 6.66. The lowest BCUT2D eigenvalue weighted by atomic mass is 9.90. The zero-order chi connectivity index (χ0) is 38.9. The maximum absolute atomic E-state index is 11.9. The number of carbonyl (C=O) groups is 9. The van der Waals surface area contributed by atoms with Crippen molar-refractivity contribution in [2.24, 2.45) is 5.92 Å². The molecule has 3 fully saturated rings. The molecule has 6 amide bonds. The Balaban J connectivity index is 0.000000658. The summed E-state index contributed by atoms with van der Waals surface area (Å²) in [4.78, 5) is 101. The molecule has 0 saturated carbocycles. The van der Waals surface area contributed by atoms with Crippen LogP contribution in [0.5, 0.6) is 0 Å². The van der Waals surface area contributed by atoms with Crippen LogP contribution in [0.3, 0.4) is 0 Å². The minimum absolute atomic E-state index is 0.0251. The van der Waals surface area contributed by atoms with Crippen LogP contribution >= 0.6 is 11.6 Å². The Kier molecular flexibility index (Phi) is 19.7. The summed E-state index contributed by atoms with van der Waals surface area (Å²) in [5, 5.41) is 8.22. The van der Waals surface area contributed by atoms with Crippen molar-refractivity contribution in [2.45, 2.75) is 70.7 Å². The molecule has 0 bridgehead atoms. The summed E-state index contributed by atoms with van der Waals surface area (Å²) in [5.41, 5.74) is 2.30. The highest BCUT2D eigenvalue weighted by atomic mass is 35.5. The van der Waals surface area contributed by atoms with Gasteiger partial charge in [0, 0.05) is 27.2 Å². The number of hydrogen-bond acceptors (Lipinski definition) is 12. The van der Waals surface area contributed by atoms with Crippen LogP contribution in [0.15, 0.2) is 61.8 Å². The smallest absolute Gasteiger partial charge is 0.330 e. The number of likely N-dealkylation sites (tertiary alicyclic amines) is 3. The molecule has 0 aromatic heterocycles. The average molecular weight is 722 g/mol. The first-order valence-corrected chi connectivity index (χ1v) is 15.5. The number of aliphatic hydroxyl groups is 1.